The maximum Gasteiger partial charge on any atom is 0.330 e. The Labute approximate surface area is 310 Å². The number of methoxy groups -OCH3 is 2. The van der Waals surface area contributed by atoms with Crippen molar-refractivity contribution in [2.24, 2.45) is 0 Å². The van der Waals surface area contributed by atoms with Crippen LogP contribution in [-0.2, 0) is 23.9 Å². The number of esters is 2. The Balaban J connectivity index is 0. The van der Waals surface area contributed by atoms with Gasteiger partial charge in [-0.15, -0.1) is 6.58 Å². The minimum absolute atomic E-state index is 0.134. The van der Waals surface area contributed by atoms with E-state index in [0.29, 0.717) is 24.7 Å². The highest BCUT2D eigenvalue weighted by Gasteiger charge is 2.08. The third kappa shape index (κ3) is 42.2. The van der Waals surface area contributed by atoms with E-state index in [2.05, 4.69) is 35.2 Å². The molecule has 0 saturated heterocycles. The molecule has 0 aliphatic carbocycles. The van der Waals surface area contributed by atoms with Crippen molar-refractivity contribution in [3.63, 3.8) is 0 Å². The Morgan fingerprint density at radius 1 is 0.560 bits per heavy atom. The Bertz CT molecular complexity index is 780. The minimum atomic E-state index is -0.256. The van der Waals surface area contributed by atoms with E-state index < -0.39 is 0 Å². The van der Waals surface area contributed by atoms with Crippen molar-refractivity contribution in [2.45, 2.75) is 219 Å². The first-order valence-electron chi connectivity index (χ1n) is 21.1. The molecule has 0 amide bonds. The molecule has 0 aliphatic rings. The van der Waals surface area contributed by atoms with E-state index in [9.17, 15) is 14.4 Å². The summed E-state index contributed by atoms with van der Waals surface area (Å²) in [5.41, 5.74) is 0. The molecule has 0 aromatic carbocycles. The highest BCUT2D eigenvalue weighted by atomic mass is 16.5. The van der Waals surface area contributed by atoms with Crippen LogP contribution in [0.3, 0.4) is 0 Å². The summed E-state index contributed by atoms with van der Waals surface area (Å²) in [7, 11) is 2.84. The monoisotopic (exact) mass is 706 g/mol. The fourth-order valence-corrected chi connectivity index (χ4v) is 6.12. The molecule has 0 bridgehead atoms. The molecule has 50 heavy (non-hydrogen) atoms. The Kier molecular flexibility index (Phi) is 43.4. The van der Waals surface area contributed by atoms with Crippen LogP contribution in [0, 0.1) is 0 Å². The average Bonchev–Trinajstić information content (AvgIpc) is 3.12. The van der Waals surface area contributed by atoms with Crippen molar-refractivity contribution in [1.29, 1.82) is 0 Å². The van der Waals surface area contributed by atoms with E-state index in [0.717, 1.165) is 64.3 Å². The third-order valence-electron chi connectivity index (χ3n) is 9.43. The summed E-state index contributed by atoms with van der Waals surface area (Å²) >= 11 is 0. The molecular weight excluding hydrogens is 622 g/mol. The quantitative estimate of drug-likeness (QED) is 0.0300. The van der Waals surface area contributed by atoms with Gasteiger partial charge in [0.15, 0.2) is 0 Å². The Morgan fingerprint density at radius 2 is 1.02 bits per heavy atom. The molecule has 0 aliphatic heterocycles. The number of carbonyl (C=O) groups excluding carboxylic acids is 3. The maximum absolute atomic E-state index is 11.7. The second-order valence-electron chi connectivity index (χ2n) is 14.2. The molecule has 0 rings (SSSR count). The number of hydrogen-bond donors (Lipinski definition) is 1. The van der Waals surface area contributed by atoms with Crippen LogP contribution in [0.4, 0.5) is 0 Å². The highest BCUT2D eigenvalue weighted by Crippen LogP contribution is 2.15. The number of ether oxygens (including phenoxy) is 2. The van der Waals surface area contributed by atoms with Gasteiger partial charge in [-0.2, -0.15) is 0 Å². The second-order valence-corrected chi connectivity index (χ2v) is 14.2. The first-order chi connectivity index (χ1) is 24.4. The molecule has 1 N–H and O–H groups in total. The van der Waals surface area contributed by atoms with Crippen LogP contribution in [-0.4, -0.2) is 44.5 Å². The lowest BCUT2D eigenvalue weighted by molar-refractivity contribution is -0.140. The van der Waals surface area contributed by atoms with E-state index >= 15 is 0 Å². The number of unbranched alkanes of at least 4 members (excludes halogenated alkanes) is 21. The van der Waals surface area contributed by atoms with Crippen LogP contribution in [0.2, 0.25) is 0 Å². The lowest BCUT2D eigenvalue weighted by Crippen LogP contribution is -2.30. The average molecular weight is 706 g/mol. The smallest absolute Gasteiger partial charge is 0.330 e. The Hall–Kier alpha value is -1.95. The number of rotatable bonds is 37. The van der Waals surface area contributed by atoms with Crippen LogP contribution in [0.1, 0.15) is 213 Å². The van der Waals surface area contributed by atoms with Gasteiger partial charge in [0.1, 0.15) is 5.78 Å². The summed E-state index contributed by atoms with van der Waals surface area (Å²) in [5, 5.41) is 3.79. The van der Waals surface area contributed by atoms with Crippen molar-refractivity contribution in [1.82, 2.24) is 5.32 Å². The molecule has 0 radical (unpaired) electrons. The van der Waals surface area contributed by atoms with Gasteiger partial charge in [0.25, 0.3) is 0 Å². The summed E-state index contributed by atoms with van der Waals surface area (Å²) in [4.78, 5) is 33.7. The van der Waals surface area contributed by atoms with Gasteiger partial charge >= 0.3 is 11.9 Å². The van der Waals surface area contributed by atoms with Crippen molar-refractivity contribution in [2.75, 3.05) is 20.8 Å². The summed E-state index contributed by atoms with van der Waals surface area (Å²) in [6.45, 7) is 9.44. The molecule has 0 saturated carbocycles. The van der Waals surface area contributed by atoms with Crippen LogP contribution in [0.15, 0.2) is 24.8 Å². The fraction of sp³-hybridized carbons (Fsp3) is 0.841. The van der Waals surface area contributed by atoms with E-state index in [-0.39, 0.29) is 11.9 Å². The Morgan fingerprint density at radius 3 is 1.52 bits per heavy atom. The zero-order valence-corrected chi connectivity index (χ0v) is 33.7. The van der Waals surface area contributed by atoms with Gasteiger partial charge in [-0.05, 0) is 70.8 Å². The lowest BCUT2D eigenvalue weighted by Gasteiger charge is -2.19. The zero-order chi connectivity index (χ0) is 37.2. The molecule has 0 aromatic heterocycles. The number of nitrogens with one attached hydrogen (secondary N) is 1. The first-order valence-corrected chi connectivity index (χ1v) is 21.1. The molecular formula is C44H83NO5. The van der Waals surface area contributed by atoms with E-state index in [4.69, 9.17) is 0 Å². The number of ketones is 1. The van der Waals surface area contributed by atoms with Gasteiger partial charge in [0.2, 0.25) is 0 Å². The van der Waals surface area contributed by atoms with Crippen LogP contribution < -0.4 is 5.32 Å². The van der Waals surface area contributed by atoms with Crippen molar-refractivity contribution >= 4 is 17.7 Å². The fourth-order valence-electron chi connectivity index (χ4n) is 6.12. The lowest BCUT2D eigenvalue weighted by atomic mass is 10.00. The molecule has 0 fully saturated rings. The summed E-state index contributed by atoms with van der Waals surface area (Å²) in [6.07, 6.45) is 42.2. The molecule has 1 atom stereocenters. The third-order valence-corrected chi connectivity index (χ3v) is 9.43. The van der Waals surface area contributed by atoms with Gasteiger partial charge in [0.05, 0.1) is 14.2 Å². The predicted octanol–water partition coefficient (Wildman–Crippen LogP) is 12.7. The molecule has 0 heterocycles. The van der Waals surface area contributed by atoms with Gasteiger partial charge < -0.3 is 14.8 Å². The van der Waals surface area contributed by atoms with E-state index in [1.807, 2.05) is 12.2 Å². The standard InChI is InChI=1S/C25H47NO2.C19H36O3/c1-4-6-8-10-11-12-13-16-20-24(26-23-19-9-7-5-2)21-17-14-15-18-22-25(27)28-3;1-3-4-5-6-7-8-9-12-15-18(20)16-13-10-11-14-17-19(21)22-2/h5,18,22,24,26H,2,4,6-17,19-21,23H2,1,3H3;3-17H2,1-2H3. The summed E-state index contributed by atoms with van der Waals surface area (Å²) in [5.74, 6) is 0.0264. The maximum atomic E-state index is 11.7. The van der Waals surface area contributed by atoms with E-state index in [1.165, 1.54) is 149 Å². The van der Waals surface area contributed by atoms with Crippen LogP contribution in [0.25, 0.3) is 0 Å². The molecule has 1 unspecified atom stereocenters. The summed E-state index contributed by atoms with van der Waals surface area (Å²) < 4.78 is 9.21. The minimum Gasteiger partial charge on any atom is -0.469 e. The van der Waals surface area contributed by atoms with Crippen LogP contribution in [0.5, 0.6) is 0 Å². The van der Waals surface area contributed by atoms with Crippen molar-refractivity contribution < 1.29 is 23.9 Å². The SMILES string of the molecule is C=CCCCCNC(CCCCC=CC(=O)OC)CCCCCCCCCC.CCCCCCCCCCC(=O)CCCCCCC(=O)OC. The molecule has 6 nitrogen and oxygen atoms in total. The predicted molar refractivity (Wildman–Crippen MR) is 215 cm³/mol. The number of carbonyl (C=O) groups is 3. The van der Waals surface area contributed by atoms with Crippen LogP contribution >= 0.6 is 0 Å². The number of hydrogen-bond acceptors (Lipinski definition) is 6. The normalized spacial score (nSPS) is 11.6. The van der Waals surface area contributed by atoms with Gasteiger partial charge in [-0.3, -0.25) is 9.59 Å². The largest absolute Gasteiger partial charge is 0.469 e. The van der Waals surface area contributed by atoms with E-state index in [1.54, 1.807) is 0 Å². The molecule has 0 spiro atoms. The van der Waals surface area contributed by atoms with Gasteiger partial charge in [-0.1, -0.05) is 142 Å². The van der Waals surface area contributed by atoms with Crippen molar-refractivity contribution in [3.8, 4) is 0 Å². The zero-order valence-electron chi connectivity index (χ0n) is 33.7. The molecule has 6 heteroatoms. The first kappa shape index (κ1) is 50.2. The topological polar surface area (TPSA) is 81.7 Å². The van der Waals surface area contributed by atoms with Crippen molar-refractivity contribution in [3.05, 3.63) is 24.8 Å². The molecule has 294 valence electrons. The number of Topliss-reactive ketones (excluding diaryl/α,β-unsaturated/α-hetero) is 1. The summed E-state index contributed by atoms with van der Waals surface area (Å²) in [6, 6.07) is 0.647. The highest BCUT2D eigenvalue weighted by molar-refractivity contribution is 5.81. The van der Waals surface area contributed by atoms with Gasteiger partial charge in [0, 0.05) is 31.4 Å². The number of allylic oxidation sites excluding steroid dienone is 2. The van der Waals surface area contributed by atoms with Gasteiger partial charge in [-0.25, -0.2) is 4.79 Å². The second kappa shape index (κ2) is 43.2. The molecule has 0 aromatic rings.